The summed E-state index contributed by atoms with van der Waals surface area (Å²) in [5.41, 5.74) is 2.50. The number of aromatic nitrogens is 4. The summed E-state index contributed by atoms with van der Waals surface area (Å²) in [6.07, 6.45) is 4.05. The lowest BCUT2D eigenvalue weighted by Gasteiger charge is -2.31. The number of hydrogen-bond acceptors (Lipinski definition) is 5. The Labute approximate surface area is 208 Å². The van der Waals surface area contributed by atoms with E-state index in [9.17, 15) is 9.59 Å². The van der Waals surface area contributed by atoms with Gasteiger partial charge in [0, 0.05) is 35.2 Å². The Kier molecular flexibility index (Phi) is 7.72. The van der Waals surface area contributed by atoms with Gasteiger partial charge in [-0.05, 0) is 48.7 Å². The van der Waals surface area contributed by atoms with Crippen molar-refractivity contribution in [3.8, 4) is 0 Å². The Bertz CT molecular complexity index is 1310. The lowest BCUT2D eigenvalue weighted by Crippen LogP contribution is -2.45. The number of halogens is 1. The van der Waals surface area contributed by atoms with E-state index in [2.05, 4.69) is 34.5 Å². The molecule has 0 saturated carbocycles. The van der Waals surface area contributed by atoms with Crippen LogP contribution in [0.15, 0.2) is 73.1 Å². The van der Waals surface area contributed by atoms with E-state index in [-0.39, 0.29) is 18.4 Å². The van der Waals surface area contributed by atoms with Crippen LogP contribution in [0.2, 0.25) is 5.02 Å². The van der Waals surface area contributed by atoms with E-state index in [1.807, 2.05) is 24.3 Å². The summed E-state index contributed by atoms with van der Waals surface area (Å²) in [7, 11) is 0. The van der Waals surface area contributed by atoms with Crippen LogP contribution in [-0.4, -0.2) is 38.3 Å². The molecule has 4 aromatic rings. The van der Waals surface area contributed by atoms with Crippen LogP contribution < -0.4 is 10.2 Å². The fourth-order valence-corrected chi connectivity index (χ4v) is 4.02. The third kappa shape index (κ3) is 5.84. The molecule has 0 aliphatic rings. The standard InChI is InChI=1S/C26H27ClN6O2/c1-18(2)12-14-29-26(35)25(19-7-6-13-28-16-19)33(21-9-5-8-20(27)15-21)24(34)17-32-23-11-4-3-10-22(23)30-31-32/h3-11,13,15-16,18,25H,12,14,17H2,1-2H3,(H,29,35)/t25-/m0/s1. The van der Waals surface area contributed by atoms with Crippen molar-refractivity contribution in [2.45, 2.75) is 32.9 Å². The van der Waals surface area contributed by atoms with Gasteiger partial charge in [0.2, 0.25) is 11.8 Å². The summed E-state index contributed by atoms with van der Waals surface area (Å²) in [4.78, 5) is 33.1. The number of benzene rings is 2. The van der Waals surface area contributed by atoms with Gasteiger partial charge in [0.15, 0.2) is 0 Å². The maximum atomic E-state index is 13.9. The maximum Gasteiger partial charge on any atom is 0.249 e. The highest BCUT2D eigenvalue weighted by Crippen LogP contribution is 2.30. The molecule has 1 atom stereocenters. The van der Waals surface area contributed by atoms with Gasteiger partial charge in [-0.2, -0.15) is 0 Å². The molecule has 0 saturated heterocycles. The highest BCUT2D eigenvalue weighted by atomic mass is 35.5. The Morgan fingerprint density at radius 1 is 1.09 bits per heavy atom. The zero-order valence-corrected chi connectivity index (χ0v) is 20.4. The number of rotatable bonds is 9. The molecule has 0 unspecified atom stereocenters. The van der Waals surface area contributed by atoms with Crippen molar-refractivity contribution in [2.75, 3.05) is 11.4 Å². The Balaban J connectivity index is 1.74. The first kappa shape index (κ1) is 24.3. The second-order valence-corrected chi connectivity index (χ2v) is 9.08. The van der Waals surface area contributed by atoms with Crippen molar-refractivity contribution in [3.63, 3.8) is 0 Å². The summed E-state index contributed by atoms with van der Waals surface area (Å²) in [6, 6.07) is 16.9. The van der Waals surface area contributed by atoms with E-state index < -0.39 is 6.04 Å². The van der Waals surface area contributed by atoms with Gasteiger partial charge in [-0.15, -0.1) is 5.10 Å². The SMILES string of the molecule is CC(C)CCNC(=O)[C@H](c1cccnc1)N(C(=O)Cn1nnc2ccccc21)c1cccc(Cl)c1. The van der Waals surface area contributed by atoms with Crippen LogP contribution in [0.1, 0.15) is 31.9 Å². The number of nitrogens with zero attached hydrogens (tertiary/aromatic N) is 5. The predicted molar refractivity (Wildman–Crippen MR) is 136 cm³/mol. The fraction of sp³-hybridized carbons (Fsp3) is 0.269. The van der Waals surface area contributed by atoms with Crippen LogP contribution in [0.25, 0.3) is 11.0 Å². The Morgan fingerprint density at radius 2 is 1.91 bits per heavy atom. The van der Waals surface area contributed by atoms with Crippen LogP contribution in [0, 0.1) is 5.92 Å². The van der Waals surface area contributed by atoms with Crippen molar-refractivity contribution in [2.24, 2.45) is 5.92 Å². The molecule has 0 fully saturated rings. The smallest absolute Gasteiger partial charge is 0.249 e. The van der Waals surface area contributed by atoms with Crippen LogP contribution in [0.4, 0.5) is 5.69 Å². The van der Waals surface area contributed by atoms with Crippen molar-refractivity contribution in [1.82, 2.24) is 25.3 Å². The van der Waals surface area contributed by atoms with Gasteiger partial charge >= 0.3 is 0 Å². The summed E-state index contributed by atoms with van der Waals surface area (Å²) in [5.74, 6) is -0.204. The lowest BCUT2D eigenvalue weighted by atomic mass is 10.0. The summed E-state index contributed by atoms with van der Waals surface area (Å²) < 4.78 is 1.53. The second-order valence-electron chi connectivity index (χ2n) is 8.64. The number of nitrogens with one attached hydrogen (secondary N) is 1. The van der Waals surface area contributed by atoms with Gasteiger partial charge in [-0.3, -0.25) is 19.5 Å². The molecule has 0 radical (unpaired) electrons. The molecule has 2 aromatic carbocycles. The third-order valence-corrected chi connectivity index (χ3v) is 5.82. The van der Waals surface area contributed by atoms with E-state index in [4.69, 9.17) is 11.6 Å². The number of fused-ring (bicyclic) bond motifs is 1. The molecule has 0 aliphatic carbocycles. The fourth-order valence-electron chi connectivity index (χ4n) is 3.84. The van der Waals surface area contributed by atoms with E-state index in [1.54, 1.807) is 48.8 Å². The molecule has 0 spiro atoms. The molecule has 4 rings (SSSR count). The molecular formula is C26H27ClN6O2. The van der Waals surface area contributed by atoms with Crippen LogP contribution >= 0.6 is 11.6 Å². The van der Waals surface area contributed by atoms with Crippen molar-refractivity contribution in [1.29, 1.82) is 0 Å². The Morgan fingerprint density at radius 3 is 2.66 bits per heavy atom. The molecule has 0 bridgehead atoms. The van der Waals surface area contributed by atoms with Crippen molar-refractivity contribution < 1.29 is 9.59 Å². The minimum absolute atomic E-state index is 0.108. The lowest BCUT2D eigenvalue weighted by molar-refractivity contribution is -0.127. The average molecular weight is 491 g/mol. The third-order valence-electron chi connectivity index (χ3n) is 5.59. The zero-order chi connectivity index (χ0) is 24.8. The predicted octanol–water partition coefficient (Wildman–Crippen LogP) is 4.42. The molecule has 0 aliphatic heterocycles. The molecule has 180 valence electrons. The highest BCUT2D eigenvalue weighted by molar-refractivity contribution is 6.31. The van der Waals surface area contributed by atoms with Crippen molar-refractivity contribution in [3.05, 3.63) is 83.6 Å². The first-order valence-corrected chi connectivity index (χ1v) is 11.9. The molecule has 2 amide bonds. The minimum Gasteiger partial charge on any atom is -0.354 e. The van der Waals surface area contributed by atoms with Crippen LogP contribution in [-0.2, 0) is 16.1 Å². The topological polar surface area (TPSA) is 93.0 Å². The number of pyridine rings is 1. The molecular weight excluding hydrogens is 464 g/mol. The van der Waals surface area contributed by atoms with Gasteiger partial charge in [0.25, 0.3) is 0 Å². The van der Waals surface area contributed by atoms with Gasteiger partial charge in [-0.1, -0.05) is 54.9 Å². The first-order valence-electron chi connectivity index (χ1n) is 11.5. The summed E-state index contributed by atoms with van der Waals surface area (Å²) in [5, 5.41) is 11.7. The molecule has 2 heterocycles. The number of carbonyl (C=O) groups excluding carboxylic acids is 2. The normalized spacial score (nSPS) is 12.0. The number of amides is 2. The maximum absolute atomic E-state index is 13.9. The molecule has 2 aromatic heterocycles. The number of carbonyl (C=O) groups is 2. The summed E-state index contributed by atoms with van der Waals surface area (Å²) in [6.45, 7) is 4.58. The van der Waals surface area contributed by atoms with Gasteiger partial charge in [-0.25, -0.2) is 4.68 Å². The zero-order valence-electron chi connectivity index (χ0n) is 19.6. The molecule has 1 N–H and O–H groups in total. The average Bonchev–Trinajstić information content (AvgIpc) is 3.25. The van der Waals surface area contributed by atoms with Crippen LogP contribution in [0.3, 0.4) is 0 Å². The highest BCUT2D eigenvalue weighted by Gasteiger charge is 2.33. The van der Waals surface area contributed by atoms with Crippen molar-refractivity contribution >= 4 is 40.1 Å². The van der Waals surface area contributed by atoms with Gasteiger partial charge in [0.1, 0.15) is 18.1 Å². The molecule has 35 heavy (non-hydrogen) atoms. The van der Waals surface area contributed by atoms with E-state index in [0.29, 0.717) is 34.3 Å². The van der Waals surface area contributed by atoms with Gasteiger partial charge < -0.3 is 5.32 Å². The first-order chi connectivity index (χ1) is 16.9. The molecule has 8 nitrogen and oxygen atoms in total. The molecule has 9 heteroatoms. The van der Waals surface area contributed by atoms with E-state index in [0.717, 1.165) is 11.9 Å². The minimum atomic E-state index is -0.948. The number of anilines is 1. The monoisotopic (exact) mass is 490 g/mol. The largest absolute Gasteiger partial charge is 0.354 e. The number of hydrogen-bond donors (Lipinski definition) is 1. The van der Waals surface area contributed by atoms with Gasteiger partial charge in [0.05, 0.1) is 5.52 Å². The number of para-hydroxylation sites is 1. The van der Waals surface area contributed by atoms with E-state index in [1.165, 1.54) is 9.58 Å². The second kappa shape index (κ2) is 11.1. The quantitative estimate of drug-likeness (QED) is 0.375. The summed E-state index contributed by atoms with van der Waals surface area (Å²) >= 11 is 6.28. The van der Waals surface area contributed by atoms with E-state index >= 15 is 0 Å². The van der Waals surface area contributed by atoms with Crippen LogP contribution in [0.5, 0.6) is 0 Å². The Hall–Kier alpha value is -3.78.